The van der Waals surface area contributed by atoms with Gasteiger partial charge >= 0.3 is 0 Å². The van der Waals surface area contributed by atoms with E-state index in [0.717, 1.165) is 38.4 Å². The van der Waals surface area contributed by atoms with E-state index in [1.807, 2.05) is 12.4 Å². The third-order valence-corrected chi connectivity index (χ3v) is 2.63. The van der Waals surface area contributed by atoms with Gasteiger partial charge in [0.1, 0.15) is 5.82 Å². The molecule has 1 unspecified atom stereocenters. The summed E-state index contributed by atoms with van der Waals surface area (Å²) in [6, 6.07) is 0.465. The average Bonchev–Trinajstić information content (AvgIpc) is 2.72. The van der Waals surface area contributed by atoms with Gasteiger partial charge in [-0.1, -0.05) is 6.92 Å². The molecule has 0 aliphatic rings. The van der Waals surface area contributed by atoms with Crippen molar-refractivity contribution in [2.75, 3.05) is 13.7 Å². The molecule has 0 saturated carbocycles. The normalized spacial score (nSPS) is 12.9. The molecule has 1 rings (SSSR count). The molecule has 0 radical (unpaired) electrons. The van der Waals surface area contributed by atoms with Crippen LogP contribution in [0.4, 0.5) is 0 Å². The second-order valence-corrected chi connectivity index (χ2v) is 4.10. The molecule has 1 aromatic rings. The van der Waals surface area contributed by atoms with Crippen LogP contribution in [0.15, 0.2) is 12.4 Å². The Labute approximate surface area is 98.0 Å². The van der Waals surface area contributed by atoms with Gasteiger partial charge in [0, 0.05) is 38.7 Å². The molecule has 4 heteroatoms. The van der Waals surface area contributed by atoms with Crippen molar-refractivity contribution in [3.05, 3.63) is 18.2 Å². The predicted octanol–water partition coefficient (Wildman–Crippen LogP) is 1.81. The van der Waals surface area contributed by atoms with E-state index in [9.17, 15) is 0 Å². The fourth-order valence-electron chi connectivity index (χ4n) is 1.61. The highest BCUT2D eigenvalue weighted by Crippen LogP contribution is 2.00. The zero-order valence-electron chi connectivity index (χ0n) is 10.6. The summed E-state index contributed by atoms with van der Waals surface area (Å²) in [5.41, 5.74) is 0. The summed E-state index contributed by atoms with van der Waals surface area (Å²) >= 11 is 0. The molecular formula is C12H23N3O. The minimum atomic E-state index is 0.465. The molecule has 4 nitrogen and oxygen atoms in total. The van der Waals surface area contributed by atoms with Crippen LogP contribution in [-0.2, 0) is 17.8 Å². The lowest BCUT2D eigenvalue weighted by Gasteiger charge is -2.13. The molecule has 0 bridgehead atoms. The number of aryl methyl sites for hydroxylation is 1. The van der Waals surface area contributed by atoms with Gasteiger partial charge in [-0.2, -0.15) is 0 Å². The highest BCUT2D eigenvalue weighted by Gasteiger charge is 2.04. The maximum Gasteiger partial charge on any atom is 0.122 e. The molecule has 0 amide bonds. The van der Waals surface area contributed by atoms with Crippen molar-refractivity contribution in [1.29, 1.82) is 0 Å². The van der Waals surface area contributed by atoms with Crippen LogP contribution < -0.4 is 5.32 Å². The summed E-state index contributed by atoms with van der Waals surface area (Å²) in [7, 11) is 1.74. The molecule has 1 atom stereocenters. The third kappa shape index (κ3) is 4.33. The van der Waals surface area contributed by atoms with Crippen molar-refractivity contribution in [3.63, 3.8) is 0 Å². The number of rotatable bonds is 8. The molecule has 0 aliphatic heterocycles. The highest BCUT2D eigenvalue weighted by atomic mass is 16.5. The van der Waals surface area contributed by atoms with Gasteiger partial charge < -0.3 is 14.6 Å². The molecule has 0 fully saturated rings. The number of hydrogen-bond donors (Lipinski definition) is 1. The number of methoxy groups -OCH3 is 1. The number of imidazole rings is 1. The lowest BCUT2D eigenvalue weighted by atomic mass is 10.2. The third-order valence-electron chi connectivity index (χ3n) is 2.63. The Kier molecular flexibility index (Phi) is 6.11. The first-order valence-electron chi connectivity index (χ1n) is 6.00. The predicted molar refractivity (Wildman–Crippen MR) is 65.3 cm³/mol. The fraction of sp³-hybridized carbons (Fsp3) is 0.750. The van der Waals surface area contributed by atoms with Crippen LogP contribution in [0.25, 0.3) is 0 Å². The SMILES string of the molecule is CCCn1ccnc1CNC(C)CCOC. The van der Waals surface area contributed by atoms with Gasteiger partial charge in [-0.25, -0.2) is 4.98 Å². The maximum absolute atomic E-state index is 5.05. The molecule has 0 saturated heterocycles. The molecule has 1 heterocycles. The van der Waals surface area contributed by atoms with Gasteiger partial charge in [0.15, 0.2) is 0 Å². The van der Waals surface area contributed by atoms with Crippen molar-refractivity contribution in [2.45, 2.75) is 45.8 Å². The van der Waals surface area contributed by atoms with E-state index < -0.39 is 0 Å². The maximum atomic E-state index is 5.05. The first kappa shape index (κ1) is 13.2. The van der Waals surface area contributed by atoms with Crippen molar-refractivity contribution in [2.24, 2.45) is 0 Å². The Balaban J connectivity index is 2.32. The Bertz CT molecular complexity index is 286. The topological polar surface area (TPSA) is 39.1 Å². The number of aromatic nitrogens is 2. The Morgan fingerprint density at radius 2 is 2.38 bits per heavy atom. The van der Waals surface area contributed by atoms with E-state index in [-0.39, 0.29) is 0 Å². The lowest BCUT2D eigenvalue weighted by Crippen LogP contribution is -2.28. The fourth-order valence-corrected chi connectivity index (χ4v) is 1.61. The van der Waals surface area contributed by atoms with Crippen LogP contribution in [0.1, 0.15) is 32.5 Å². The quantitative estimate of drug-likeness (QED) is 0.733. The van der Waals surface area contributed by atoms with Gasteiger partial charge in [-0.05, 0) is 19.8 Å². The van der Waals surface area contributed by atoms with E-state index in [1.165, 1.54) is 0 Å². The zero-order valence-corrected chi connectivity index (χ0v) is 10.6. The number of nitrogens with one attached hydrogen (secondary N) is 1. The summed E-state index contributed by atoms with van der Waals surface area (Å²) in [5.74, 6) is 1.12. The molecule has 1 N–H and O–H groups in total. The van der Waals surface area contributed by atoms with E-state index in [4.69, 9.17) is 4.74 Å². The minimum Gasteiger partial charge on any atom is -0.385 e. The largest absolute Gasteiger partial charge is 0.385 e. The molecular weight excluding hydrogens is 202 g/mol. The van der Waals surface area contributed by atoms with E-state index in [1.54, 1.807) is 7.11 Å². The van der Waals surface area contributed by atoms with Crippen LogP contribution in [0.3, 0.4) is 0 Å². The van der Waals surface area contributed by atoms with Crippen LogP contribution in [0.5, 0.6) is 0 Å². The molecule has 0 spiro atoms. The molecule has 0 aliphatic carbocycles. The van der Waals surface area contributed by atoms with Gasteiger partial charge in [0.2, 0.25) is 0 Å². The zero-order chi connectivity index (χ0) is 11.8. The Morgan fingerprint density at radius 1 is 1.56 bits per heavy atom. The Morgan fingerprint density at radius 3 is 3.06 bits per heavy atom. The Hall–Kier alpha value is -0.870. The second-order valence-electron chi connectivity index (χ2n) is 4.10. The van der Waals surface area contributed by atoms with Crippen molar-refractivity contribution >= 4 is 0 Å². The smallest absolute Gasteiger partial charge is 0.122 e. The van der Waals surface area contributed by atoms with Gasteiger partial charge in [0.25, 0.3) is 0 Å². The summed E-state index contributed by atoms with van der Waals surface area (Å²) < 4.78 is 7.26. The summed E-state index contributed by atoms with van der Waals surface area (Å²) in [5, 5.41) is 3.46. The highest BCUT2D eigenvalue weighted by molar-refractivity contribution is 4.92. The summed E-state index contributed by atoms with van der Waals surface area (Å²) in [6.07, 6.45) is 6.08. The second kappa shape index (κ2) is 7.41. The van der Waals surface area contributed by atoms with Crippen LogP contribution in [0, 0.1) is 0 Å². The first-order chi connectivity index (χ1) is 7.77. The summed E-state index contributed by atoms with van der Waals surface area (Å²) in [4.78, 5) is 4.36. The van der Waals surface area contributed by atoms with Crippen LogP contribution in [-0.4, -0.2) is 29.3 Å². The summed E-state index contributed by atoms with van der Waals surface area (Å²) in [6.45, 7) is 7.03. The molecule has 1 aromatic heterocycles. The number of hydrogen-bond acceptors (Lipinski definition) is 3. The van der Waals surface area contributed by atoms with E-state index in [2.05, 4.69) is 28.7 Å². The average molecular weight is 225 g/mol. The van der Waals surface area contributed by atoms with Crippen LogP contribution >= 0.6 is 0 Å². The van der Waals surface area contributed by atoms with Crippen molar-refractivity contribution in [1.82, 2.24) is 14.9 Å². The standard InChI is InChI=1S/C12H23N3O/c1-4-7-15-8-6-13-12(15)10-14-11(2)5-9-16-3/h6,8,11,14H,4-5,7,9-10H2,1-3H3. The van der Waals surface area contributed by atoms with Gasteiger partial charge in [0.05, 0.1) is 6.54 Å². The van der Waals surface area contributed by atoms with E-state index >= 15 is 0 Å². The van der Waals surface area contributed by atoms with E-state index in [0.29, 0.717) is 6.04 Å². The van der Waals surface area contributed by atoms with Crippen LogP contribution in [0.2, 0.25) is 0 Å². The van der Waals surface area contributed by atoms with Gasteiger partial charge in [-0.3, -0.25) is 0 Å². The lowest BCUT2D eigenvalue weighted by molar-refractivity contribution is 0.184. The molecule has 92 valence electrons. The molecule has 16 heavy (non-hydrogen) atoms. The van der Waals surface area contributed by atoms with Crippen molar-refractivity contribution in [3.8, 4) is 0 Å². The number of nitrogens with zero attached hydrogens (tertiary/aromatic N) is 2. The minimum absolute atomic E-state index is 0.465. The monoisotopic (exact) mass is 225 g/mol. The molecule has 0 aromatic carbocycles. The first-order valence-corrected chi connectivity index (χ1v) is 6.00. The van der Waals surface area contributed by atoms with Crippen molar-refractivity contribution < 1.29 is 4.74 Å². The number of ether oxygens (including phenoxy) is 1. The van der Waals surface area contributed by atoms with Gasteiger partial charge in [-0.15, -0.1) is 0 Å².